The van der Waals surface area contributed by atoms with Crippen molar-refractivity contribution in [3.63, 3.8) is 0 Å². The van der Waals surface area contributed by atoms with Gasteiger partial charge in [-0.05, 0) is 55.3 Å². The number of nitrogens with zero attached hydrogens (tertiary/aromatic N) is 2. The van der Waals surface area contributed by atoms with Gasteiger partial charge in [-0.15, -0.1) is 11.3 Å². The predicted octanol–water partition coefficient (Wildman–Crippen LogP) is 4.47. The maximum atomic E-state index is 13.2. The molecule has 2 aromatic heterocycles. The SMILES string of the molecule is CCCOc1ccc(C(=O)NNC(=O)c2cc3c(C)nn(Cc4ccc(F)cc4)c3s2)cc1OC. The molecule has 2 amide bonds. The van der Waals surface area contributed by atoms with Crippen LogP contribution in [-0.4, -0.2) is 35.3 Å². The number of aromatic nitrogens is 2. The van der Waals surface area contributed by atoms with Crippen molar-refractivity contribution < 1.29 is 23.5 Å². The number of hydrazine groups is 1. The number of fused-ring (bicyclic) bond motifs is 1. The number of benzene rings is 2. The highest BCUT2D eigenvalue weighted by Crippen LogP contribution is 2.29. The van der Waals surface area contributed by atoms with E-state index in [0.717, 1.165) is 27.9 Å². The van der Waals surface area contributed by atoms with Crippen molar-refractivity contribution in [3.05, 3.63) is 76.0 Å². The topological polar surface area (TPSA) is 94.5 Å². The number of carbonyl (C=O) groups excluding carboxylic acids is 2. The smallest absolute Gasteiger partial charge is 0.279 e. The van der Waals surface area contributed by atoms with Crippen molar-refractivity contribution in [2.75, 3.05) is 13.7 Å². The summed E-state index contributed by atoms with van der Waals surface area (Å²) >= 11 is 1.26. The maximum absolute atomic E-state index is 13.2. The average molecular weight is 497 g/mol. The second kappa shape index (κ2) is 10.6. The number of amides is 2. The van der Waals surface area contributed by atoms with Crippen LogP contribution in [0, 0.1) is 12.7 Å². The number of nitrogens with one attached hydrogen (secondary N) is 2. The molecule has 0 aliphatic rings. The second-order valence-electron chi connectivity index (χ2n) is 7.82. The molecule has 8 nitrogen and oxygen atoms in total. The van der Waals surface area contributed by atoms with Gasteiger partial charge in [-0.25, -0.2) is 4.39 Å². The highest BCUT2D eigenvalue weighted by molar-refractivity contribution is 7.20. The van der Waals surface area contributed by atoms with Gasteiger partial charge in [-0.2, -0.15) is 5.10 Å². The van der Waals surface area contributed by atoms with E-state index >= 15 is 0 Å². The number of methoxy groups -OCH3 is 1. The lowest BCUT2D eigenvalue weighted by Crippen LogP contribution is -2.41. The van der Waals surface area contributed by atoms with E-state index in [1.54, 1.807) is 41.1 Å². The van der Waals surface area contributed by atoms with Crippen molar-refractivity contribution in [2.24, 2.45) is 0 Å². The van der Waals surface area contributed by atoms with E-state index in [-0.39, 0.29) is 5.82 Å². The van der Waals surface area contributed by atoms with Crippen LogP contribution < -0.4 is 20.3 Å². The molecule has 0 spiro atoms. The zero-order valence-electron chi connectivity index (χ0n) is 19.6. The molecule has 4 aromatic rings. The summed E-state index contributed by atoms with van der Waals surface area (Å²) in [6, 6.07) is 12.8. The van der Waals surface area contributed by atoms with Crippen LogP contribution >= 0.6 is 11.3 Å². The van der Waals surface area contributed by atoms with Crippen LogP contribution in [0.5, 0.6) is 11.5 Å². The first-order valence-corrected chi connectivity index (χ1v) is 11.8. The summed E-state index contributed by atoms with van der Waals surface area (Å²) in [5.41, 5.74) is 6.88. The van der Waals surface area contributed by atoms with Crippen molar-refractivity contribution in [1.82, 2.24) is 20.6 Å². The molecule has 35 heavy (non-hydrogen) atoms. The summed E-state index contributed by atoms with van der Waals surface area (Å²) < 4.78 is 25.9. The third-order valence-electron chi connectivity index (χ3n) is 5.25. The van der Waals surface area contributed by atoms with Gasteiger partial charge in [0.1, 0.15) is 10.6 Å². The second-order valence-corrected chi connectivity index (χ2v) is 8.85. The number of aryl methyl sites for hydroxylation is 1. The van der Waals surface area contributed by atoms with Crippen LogP contribution in [0.15, 0.2) is 48.5 Å². The fourth-order valence-corrected chi connectivity index (χ4v) is 4.54. The van der Waals surface area contributed by atoms with Gasteiger partial charge in [-0.3, -0.25) is 25.1 Å². The maximum Gasteiger partial charge on any atom is 0.279 e. The van der Waals surface area contributed by atoms with Crippen molar-refractivity contribution in [1.29, 1.82) is 0 Å². The fraction of sp³-hybridized carbons (Fsp3) is 0.240. The fourth-order valence-electron chi connectivity index (χ4n) is 3.48. The third-order valence-corrected chi connectivity index (χ3v) is 6.40. The highest BCUT2D eigenvalue weighted by atomic mass is 32.1. The molecule has 0 saturated heterocycles. The number of ether oxygens (including phenoxy) is 2. The first kappa shape index (κ1) is 24.2. The molecule has 4 rings (SSSR count). The summed E-state index contributed by atoms with van der Waals surface area (Å²) in [7, 11) is 1.50. The van der Waals surface area contributed by atoms with E-state index in [4.69, 9.17) is 9.47 Å². The van der Waals surface area contributed by atoms with Gasteiger partial charge in [0.2, 0.25) is 0 Å². The van der Waals surface area contributed by atoms with Gasteiger partial charge in [-0.1, -0.05) is 19.1 Å². The summed E-state index contributed by atoms with van der Waals surface area (Å²) in [5, 5.41) is 5.38. The Bertz CT molecular complexity index is 1360. The largest absolute Gasteiger partial charge is 0.493 e. The quantitative estimate of drug-likeness (QED) is 0.351. The molecule has 2 N–H and O–H groups in total. The van der Waals surface area contributed by atoms with Gasteiger partial charge in [0.05, 0.1) is 30.8 Å². The molecule has 0 aliphatic heterocycles. The summed E-state index contributed by atoms with van der Waals surface area (Å²) in [6.45, 7) is 4.84. The first-order chi connectivity index (χ1) is 16.9. The molecule has 0 bridgehead atoms. The van der Waals surface area contributed by atoms with Crippen molar-refractivity contribution in [2.45, 2.75) is 26.8 Å². The standard InChI is InChI=1S/C25H25FN4O4S/c1-4-11-34-20-10-7-17(12-21(20)33-3)23(31)27-28-24(32)22-13-19-15(2)29-30(25(19)35-22)14-16-5-8-18(26)9-6-16/h5-10,12-13H,4,11,14H2,1-3H3,(H,27,31)(H,28,32). The number of carbonyl (C=O) groups is 2. The zero-order valence-corrected chi connectivity index (χ0v) is 20.4. The van der Waals surface area contributed by atoms with E-state index in [0.29, 0.717) is 35.1 Å². The Balaban J connectivity index is 1.44. The van der Waals surface area contributed by atoms with Crippen molar-refractivity contribution in [3.8, 4) is 11.5 Å². The molecular weight excluding hydrogens is 471 g/mol. The first-order valence-electron chi connectivity index (χ1n) is 11.0. The van der Waals surface area contributed by atoms with Crippen LogP contribution in [0.3, 0.4) is 0 Å². The summed E-state index contributed by atoms with van der Waals surface area (Å²) in [5.74, 6) is -0.249. The number of hydrogen-bond acceptors (Lipinski definition) is 6. The molecule has 0 aliphatic carbocycles. The number of halogens is 1. The molecular formula is C25H25FN4O4S. The number of thiophene rings is 1. The lowest BCUT2D eigenvalue weighted by molar-refractivity contribution is 0.0848. The van der Waals surface area contributed by atoms with Crippen LogP contribution in [0.4, 0.5) is 4.39 Å². The number of rotatable bonds is 8. The summed E-state index contributed by atoms with van der Waals surface area (Å²) in [4.78, 5) is 26.5. The van der Waals surface area contributed by atoms with Crippen LogP contribution in [-0.2, 0) is 6.54 Å². The Kier molecular flexibility index (Phi) is 7.31. The lowest BCUT2D eigenvalue weighted by Gasteiger charge is -2.12. The third kappa shape index (κ3) is 5.43. The molecule has 0 fully saturated rings. The van der Waals surface area contributed by atoms with Gasteiger partial charge < -0.3 is 9.47 Å². The summed E-state index contributed by atoms with van der Waals surface area (Å²) in [6.07, 6.45) is 0.846. The molecule has 182 valence electrons. The van der Waals surface area contributed by atoms with Gasteiger partial charge in [0.25, 0.3) is 11.8 Å². The molecule has 2 heterocycles. The molecule has 0 radical (unpaired) electrons. The van der Waals surface area contributed by atoms with Crippen LogP contribution in [0.25, 0.3) is 10.2 Å². The van der Waals surface area contributed by atoms with E-state index in [9.17, 15) is 14.0 Å². The average Bonchev–Trinajstić information content (AvgIpc) is 3.43. The predicted molar refractivity (Wildman–Crippen MR) is 132 cm³/mol. The Morgan fingerprint density at radius 1 is 1.06 bits per heavy atom. The minimum atomic E-state index is -0.488. The van der Waals surface area contributed by atoms with Crippen molar-refractivity contribution >= 4 is 33.4 Å². The Morgan fingerprint density at radius 2 is 1.80 bits per heavy atom. The Morgan fingerprint density at radius 3 is 2.51 bits per heavy atom. The van der Waals surface area contributed by atoms with E-state index < -0.39 is 11.8 Å². The highest BCUT2D eigenvalue weighted by Gasteiger charge is 2.18. The molecule has 0 unspecified atom stereocenters. The molecule has 0 saturated carbocycles. The molecule has 2 aromatic carbocycles. The van der Waals surface area contributed by atoms with Gasteiger partial charge in [0.15, 0.2) is 11.5 Å². The van der Waals surface area contributed by atoms with Crippen LogP contribution in [0.1, 0.15) is 44.6 Å². The lowest BCUT2D eigenvalue weighted by atomic mass is 10.2. The number of hydrogen-bond donors (Lipinski definition) is 2. The van der Waals surface area contributed by atoms with E-state index in [2.05, 4.69) is 16.0 Å². The Labute approximate surface area is 205 Å². The molecule has 10 heteroatoms. The minimum absolute atomic E-state index is 0.299. The van der Waals surface area contributed by atoms with Gasteiger partial charge in [0, 0.05) is 10.9 Å². The minimum Gasteiger partial charge on any atom is -0.493 e. The molecule has 0 atom stereocenters. The van der Waals surface area contributed by atoms with Crippen LogP contribution in [0.2, 0.25) is 0 Å². The zero-order chi connectivity index (χ0) is 24.9. The monoisotopic (exact) mass is 496 g/mol. The Hall–Kier alpha value is -3.92. The van der Waals surface area contributed by atoms with E-state index in [1.807, 2.05) is 13.8 Å². The van der Waals surface area contributed by atoms with Gasteiger partial charge >= 0.3 is 0 Å². The van der Waals surface area contributed by atoms with E-state index in [1.165, 1.54) is 30.6 Å². The normalized spacial score (nSPS) is 10.9.